The van der Waals surface area contributed by atoms with Crippen LogP contribution in [0.4, 0.5) is 5.69 Å². The summed E-state index contributed by atoms with van der Waals surface area (Å²) in [5, 5.41) is 11.2. The highest BCUT2D eigenvalue weighted by atomic mass is 79.9. The lowest BCUT2D eigenvalue weighted by Gasteiger charge is -2.07. The minimum absolute atomic E-state index is 0.102. The summed E-state index contributed by atoms with van der Waals surface area (Å²) in [6.45, 7) is 0.120. The molecule has 98 valence electrons. The van der Waals surface area contributed by atoms with E-state index in [1.54, 1.807) is 24.4 Å². The van der Waals surface area contributed by atoms with E-state index in [0.29, 0.717) is 15.2 Å². The molecule has 5 nitrogen and oxygen atoms in total. The highest BCUT2D eigenvalue weighted by Crippen LogP contribution is 2.31. The lowest BCUT2D eigenvalue weighted by molar-refractivity contribution is -0.386. The molecule has 0 bridgehead atoms. The highest BCUT2D eigenvalue weighted by molar-refractivity contribution is 9.10. The maximum Gasteiger partial charge on any atom is 0.312 e. The third-order valence-corrected chi connectivity index (χ3v) is 3.17. The summed E-state index contributed by atoms with van der Waals surface area (Å²) in [7, 11) is 0. The number of nitrogens with zero attached hydrogens (tertiary/aromatic N) is 2. The number of hydrogen-bond donors (Lipinski definition) is 0. The van der Waals surface area contributed by atoms with Crippen LogP contribution in [-0.2, 0) is 6.61 Å². The second-order valence-electron chi connectivity index (χ2n) is 3.61. The smallest absolute Gasteiger partial charge is 0.312 e. The van der Waals surface area contributed by atoms with E-state index in [2.05, 4.69) is 20.9 Å². The zero-order chi connectivity index (χ0) is 13.8. The van der Waals surface area contributed by atoms with Gasteiger partial charge in [-0.2, -0.15) is 0 Å². The molecule has 2 aromatic rings. The Morgan fingerprint density at radius 2 is 2.21 bits per heavy atom. The van der Waals surface area contributed by atoms with Crippen LogP contribution in [0.5, 0.6) is 5.75 Å². The van der Waals surface area contributed by atoms with Crippen LogP contribution in [0.2, 0.25) is 5.15 Å². The van der Waals surface area contributed by atoms with Crippen molar-refractivity contribution in [3.63, 3.8) is 0 Å². The molecule has 19 heavy (non-hydrogen) atoms. The molecule has 0 aliphatic carbocycles. The molecule has 0 amide bonds. The van der Waals surface area contributed by atoms with Crippen molar-refractivity contribution >= 4 is 33.2 Å². The van der Waals surface area contributed by atoms with Gasteiger partial charge < -0.3 is 4.74 Å². The van der Waals surface area contributed by atoms with Crippen molar-refractivity contribution in [1.82, 2.24) is 4.98 Å². The van der Waals surface area contributed by atoms with Crippen molar-refractivity contribution in [1.29, 1.82) is 0 Å². The maximum absolute atomic E-state index is 10.9. The van der Waals surface area contributed by atoms with E-state index < -0.39 is 4.92 Å². The Labute approximate surface area is 122 Å². The van der Waals surface area contributed by atoms with E-state index in [1.807, 2.05) is 0 Å². The van der Waals surface area contributed by atoms with Crippen molar-refractivity contribution in [3.05, 3.63) is 61.8 Å². The summed E-state index contributed by atoms with van der Waals surface area (Å²) >= 11 is 9.07. The van der Waals surface area contributed by atoms with Crippen LogP contribution in [0.15, 0.2) is 41.0 Å². The predicted octanol–water partition coefficient (Wildman–Crippen LogP) is 3.98. The number of aromatic nitrogens is 1. The zero-order valence-corrected chi connectivity index (χ0v) is 11.9. The van der Waals surface area contributed by atoms with Crippen molar-refractivity contribution in [2.24, 2.45) is 0 Å². The van der Waals surface area contributed by atoms with Gasteiger partial charge in [0.25, 0.3) is 0 Å². The molecule has 1 aromatic heterocycles. The Bertz CT molecular complexity index is 622. The Balaban J connectivity index is 2.20. The largest absolute Gasteiger partial charge is 0.482 e. The Hall–Kier alpha value is -1.66. The Morgan fingerprint density at radius 1 is 1.42 bits per heavy atom. The third-order valence-electron chi connectivity index (χ3n) is 2.34. The molecular formula is C12H8BrClN2O3. The molecular weight excluding hydrogens is 336 g/mol. The van der Waals surface area contributed by atoms with Crippen molar-refractivity contribution in [2.45, 2.75) is 6.61 Å². The van der Waals surface area contributed by atoms with E-state index in [1.165, 1.54) is 12.1 Å². The average molecular weight is 344 g/mol. The first-order valence-electron chi connectivity index (χ1n) is 5.24. The molecule has 0 aliphatic heterocycles. The normalized spacial score (nSPS) is 10.2. The number of halogens is 2. The molecule has 2 rings (SSSR count). The van der Waals surface area contributed by atoms with Crippen molar-refractivity contribution < 1.29 is 9.66 Å². The van der Waals surface area contributed by atoms with Gasteiger partial charge in [-0.3, -0.25) is 10.1 Å². The first kappa shape index (κ1) is 13.8. The van der Waals surface area contributed by atoms with Gasteiger partial charge in [0, 0.05) is 22.3 Å². The van der Waals surface area contributed by atoms with Gasteiger partial charge in [-0.15, -0.1) is 0 Å². The lowest BCUT2D eigenvalue weighted by atomic mass is 10.3. The molecule has 0 spiro atoms. The standard InChI is InChI=1S/C12H8BrClN2O3/c13-9-3-4-11(10(6-9)16(17)18)19-7-8-2-1-5-15-12(8)14/h1-6H,7H2. The van der Waals surface area contributed by atoms with E-state index >= 15 is 0 Å². The second-order valence-corrected chi connectivity index (χ2v) is 4.88. The number of nitro benzene ring substituents is 1. The van der Waals surface area contributed by atoms with Gasteiger partial charge in [0.15, 0.2) is 5.75 Å². The highest BCUT2D eigenvalue weighted by Gasteiger charge is 2.16. The van der Waals surface area contributed by atoms with E-state index in [4.69, 9.17) is 16.3 Å². The number of pyridine rings is 1. The molecule has 0 radical (unpaired) electrons. The first-order valence-corrected chi connectivity index (χ1v) is 6.41. The Kier molecular flexibility index (Phi) is 4.34. The van der Waals surface area contributed by atoms with Gasteiger partial charge in [0.05, 0.1) is 4.92 Å². The van der Waals surface area contributed by atoms with Crippen LogP contribution < -0.4 is 4.74 Å². The van der Waals surface area contributed by atoms with Crippen LogP contribution in [-0.4, -0.2) is 9.91 Å². The first-order chi connectivity index (χ1) is 9.08. The van der Waals surface area contributed by atoms with Crippen LogP contribution in [0.1, 0.15) is 5.56 Å². The van der Waals surface area contributed by atoms with Gasteiger partial charge in [-0.1, -0.05) is 33.6 Å². The molecule has 1 heterocycles. The van der Waals surface area contributed by atoms with E-state index in [9.17, 15) is 10.1 Å². The van der Waals surface area contributed by atoms with Crippen LogP contribution in [0.3, 0.4) is 0 Å². The molecule has 0 N–H and O–H groups in total. The lowest BCUT2D eigenvalue weighted by Crippen LogP contribution is -2.00. The zero-order valence-electron chi connectivity index (χ0n) is 9.55. The average Bonchev–Trinajstić information content (AvgIpc) is 2.38. The summed E-state index contributed by atoms with van der Waals surface area (Å²) in [6.07, 6.45) is 1.56. The molecule has 1 aromatic carbocycles. The Morgan fingerprint density at radius 3 is 2.89 bits per heavy atom. The summed E-state index contributed by atoms with van der Waals surface area (Å²) in [5.41, 5.74) is 0.566. The van der Waals surface area contributed by atoms with Crippen molar-refractivity contribution in [2.75, 3.05) is 0 Å². The van der Waals surface area contributed by atoms with Gasteiger partial charge in [0.2, 0.25) is 0 Å². The number of nitro groups is 1. The summed E-state index contributed by atoms with van der Waals surface area (Å²) < 4.78 is 6.05. The predicted molar refractivity (Wildman–Crippen MR) is 74.4 cm³/mol. The SMILES string of the molecule is O=[N+]([O-])c1cc(Br)ccc1OCc1cccnc1Cl. The number of hydrogen-bond acceptors (Lipinski definition) is 4. The summed E-state index contributed by atoms with van der Waals surface area (Å²) in [5.74, 6) is 0.188. The van der Waals surface area contributed by atoms with Crippen LogP contribution in [0.25, 0.3) is 0 Å². The summed E-state index contributed by atoms with van der Waals surface area (Å²) in [4.78, 5) is 14.3. The number of benzene rings is 1. The molecule has 0 atom stereocenters. The van der Waals surface area contributed by atoms with Gasteiger partial charge in [-0.25, -0.2) is 4.98 Å². The van der Waals surface area contributed by atoms with Gasteiger partial charge in [0.1, 0.15) is 11.8 Å². The maximum atomic E-state index is 10.9. The fourth-order valence-corrected chi connectivity index (χ4v) is 1.96. The second kappa shape index (κ2) is 5.99. The fourth-order valence-electron chi connectivity index (χ4n) is 1.44. The number of ether oxygens (including phenoxy) is 1. The molecule has 0 saturated heterocycles. The molecule has 7 heteroatoms. The minimum Gasteiger partial charge on any atom is -0.482 e. The molecule has 0 aliphatic rings. The van der Waals surface area contributed by atoms with Crippen LogP contribution in [0, 0.1) is 10.1 Å². The monoisotopic (exact) mass is 342 g/mol. The topological polar surface area (TPSA) is 65.3 Å². The van der Waals surface area contributed by atoms with E-state index in [0.717, 1.165) is 0 Å². The molecule has 0 unspecified atom stereocenters. The van der Waals surface area contributed by atoms with Crippen molar-refractivity contribution in [3.8, 4) is 5.75 Å². The summed E-state index contributed by atoms with van der Waals surface area (Å²) in [6, 6.07) is 8.07. The third kappa shape index (κ3) is 3.42. The minimum atomic E-state index is -0.495. The number of rotatable bonds is 4. The van der Waals surface area contributed by atoms with E-state index in [-0.39, 0.29) is 18.0 Å². The van der Waals surface area contributed by atoms with Crippen LogP contribution >= 0.6 is 27.5 Å². The molecule has 0 saturated carbocycles. The fraction of sp³-hybridized carbons (Fsp3) is 0.0833. The quantitative estimate of drug-likeness (QED) is 0.478. The van der Waals surface area contributed by atoms with Gasteiger partial charge >= 0.3 is 5.69 Å². The molecule has 0 fully saturated rings. The van der Waals surface area contributed by atoms with Gasteiger partial charge in [-0.05, 0) is 18.2 Å².